The van der Waals surface area contributed by atoms with Crippen LogP contribution in [-0.2, 0) is 14.3 Å². The highest BCUT2D eigenvalue weighted by Gasteiger charge is 2.47. The van der Waals surface area contributed by atoms with Gasteiger partial charge in [-0.1, -0.05) is 26.8 Å². The molecule has 0 aliphatic heterocycles. The lowest BCUT2D eigenvalue weighted by Gasteiger charge is -2.37. The van der Waals surface area contributed by atoms with Gasteiger partial charge in [0.15, 0.2) is 5.78 Å². The number of hydrogen-bond acceptors (Lipinski definition) is 5. The fourth-order valence-electron chi connectivity index (χ4n) is 2.80. The predicted octanol–water partition coefficient (Wildman–Crippen LogP) is 3.01. The first-order valence-corrected chi connectivity index (χ1v) is 7.48. The molecule has 0 unspecified atom stereocenters. The smallest absolute Gasteiger partial charge is 0.316 e. The van der Waals surface area contributed by atoms with Crippen LogP contribution in [0.3, 0.4) is 0 Å². The number of aliphatic hydroxyl groups excluding tert-OH is 1. The van der Waals surface area contributed by atoms with Gasteiger partial charge in [0.2, 0.25) is 0 Å². The van der Waals surface area contributed by atoms with E-state index < -0.39 is 17.3 Å². The number of nitrogens with zero attached hydrogens (tertiary/aromatic N) is 1. The standard InChI is InChI=1S/C17H25NO4/c1-6-8-12(19)13-11(18-9-7-2)10-17(3,4)14(15(13)20)16(21)22-5/h7,14,20H,2,6,8-10H2,1,3-5H3/t14-/m1/s1. The quantitative estimate of drug-likeness (QED) is 0.604. The number of aliphatic hydroxyl groups is 1. The van der Waals surface area contributed by atoms with Crippen LogP contribution in [0.4, 0.5) is 0 Å². The molecule has 5 heteroatoms. The van der Waals surface area contributed by atoms with Crippen molar-refractivity contribution in [2.75, 3.05) is 13.7 Å². The molecule has 0 amide bonds. The number of carbonyl (C=O) groups excluding carboxylic acids is 2. The molecule has 1 rings (SSSR count). The average molecular weight is 307 g/mol. The van der Waals surface area contributed by atoms with Gasteiger partial charge in [-0.15, -0.1) is 6.58 Å². The van der Waals surface area contributed by atoms with Crippen LogP contribution in [0.5, 0.6) is 0 Å². The zero-order valence-corrected chi connectivity index (χ0v) is 13.8. The normalized spacial score (nSPS) is 22.5. The summed E-state index contributed by atoms with van der Waals surface area (Å²) in [6.07, 6.45) is 3.03. The summed E-state index contributed by atoms with van der Waals surface area (Å²) in [6.45, 7) is 9.59. The van der Waals surface area contributed by atoms with Crippen LogP contribution in [-0.4, -0.2) is 36.2 Å². The second-order valence-electron chi connectivity index (χ2n) is 6.13. The first-order valence-electron chi connectivity index (χ1n) is 7.48. The molecule has 0 saturated heterocycles. The Morgan fingerprint density at radius 2 is 2.14 bits per heavy atom. The van der Waals surface area contributed by atoms with Gasteiger partial charge in [-0.2, -0.15) is 0 Å². The molecule has 1 aliphatic rings. The van der Waals surface area contributed by atoms with Gasteiger partial charge in [0.05, 0.1) is 19.2 Å². The lowest BCUT2D eigenvalue weighted by Crippen LogP contribution is -2.42. The second kappa shape index (κ2) is 7.38. The fraction of sp³-hybridized carbons (Fsp3) is 0.588. The summed E-state index contributed by atoms with van der Waals surface area (Å²) in [6, 6.07) is 0. The molecule has 122 valence electrons. The van der Waals surface area contributed by atoms with Crippen molar-refractivity contribution in [1.82, 2.24) is 0 Å². The van der Waals surface area contributed by atoms with E-state index in [0.29, 0.717) is 31.5 Å². The number of carbonyl (C=O) groups is 2. The van der Waals surface area contributed by atoms with Crippen molar-refractivity contribution >= 4 is 17.5 Å². The Hall–Kier alpha value is -1.91. The van der Waals surface area contributed by atoms with Gasteiger partial charge >= 0.3 is 5.97 Å². The monoisotopic (exact) mass is 307 g/mol. The predicted molar refractivity (Wildman–Crippen MR) is 86.0 cm³/mol. The summed E-state index contributed by atoms with van der Waals surface area (Å²) in [5.41, 5.74) is 0.145. The number of aliphatic imine (C=N–C) groups is 1. The Morgan fingerprint density at radius 1 is 1.50 bits per heavy atom. The van der Waals surface area contributed by atoms with Crippen LogP contribution in [0.1, 0.15) is 40.0 Å². The molecule has 5 nitrogen and oxygen atoms in total. The van der Waals surface area contributed by atoms with Crippen LogP contribution >= 0.6 is 0 Å². The minimum absolute atomic E-state index is 0.179. The number of rotatable bonds is 6. The maximum Gasteiger partial charge on any atom is 0.316 e. The molecule has 0 radical (unpaired) electrons. The molecule has 0 aromatic heterocycles. The zero-order chi connectivity index (χ0) is 16.9. The molecular weight excluding hydrogens is 282 g/mol. The van der Waals surface area contributed by atoms with Crippen molar-refractivity contribution in [1.29, 1.82) is 0 Å². The number of hydrogen-bond donors (Lipinski definition) is 1. The summed E-state index contributed by atoms with van der Waals surface area (Å²) in [5.74, 6) is -1.79. The molecule has 0 spiro atoms. The van der Waals surface area contributed by atoms with E-state index >= 15 is 0 Å². The summed E-state index contributed by atoms with van der Waals surface area (Å²) in [5, 5.41) is 10.6. The molecule has 22 heavy (non-hydrogen) atoms. The first kappa shape index (κ1) is 18.1. The minimum atomic E-state index is -0.851. The number of ether oxygens (including phenoxy) is 1. The summed E-state index contributed by atoms with van der Waals surface area (Å²) in [4.78, 5) is 28.8. The van der Waals surface area contributed by atoms with E-state index in [1.807, 2.05) is 20.8 Å². The maximum absolute atomic E-state index is 12.4. The van der Waals surface area contributed by atoms with E-state index in [-0.39, 0.29) is 17.1 Å². The molecular formula is C17H25NO4. The Kier molecular flexibility index (Phi) is 6.09. The largest absolute Gasteiger partial charge is 0.511 e. The lowest BCUT2D eigenvalue weighted by molar-refractivity contribution is -0.149. The van der Waals surface area contributed by atoms with Crippen LogP contribution in [0.25, 0.3) is 0 Å². The molecule has 0 saturated carbocycles. The third-order valence-electron chi connectivity index (χ3n) is 3.83. The summed E-state index contributed by atoms with van der Waals surface area (Å²) < 4.78 is 4.80. The van der Waals surface area contributed by atoms with Gasteiger partial charge < -0.3 is 9.84 Å². The topological polar surface area (TPSA) is 76.0 Å². The van der Waals surface area contributed by atoms with Crippen molar-refractivity contribution < 1.29 is 19.4 Å². The van der Waals surface area contributed by atoms with Gasteiger partial charge in [-0.05, 0) is 18.3 Å². The van der Waals surface area contributed by atoms with Gasteiger partial charge in [-0.25, -0.2) is 0 Å². The minimum Gasteiger partial charge on any atom is -0.511 e. The summed E-state index contributed by atoms with van der Waals surface area (Å²) >= 11 is 0. The third kappa shape index (κ3) is 3.64. The van der Waals surface area contributed by atoms with Crippen molar-refractivity contribution in [2.45, 2.75) is 40.0 Å². The average Bonchev–Trinajstić information content (AvgIpc) is 2.43. The number of esters is 1. The van der Waals surface area contributed by atoms with Crippen molar-refractivity contribution in [2.24, 2.45) is 16.3 Å². The van der Waals surface area contributed by atoms with E-state index in [1.54, 1.807) is 6.08 Å². The van der Waals surface area contributed by atoms with Crippen molar-refractivity contribution in [3.05, 3.63) is 24.0 Å². The van der Waals surface area contributed by atoms with Gasteiger partial charge in [-0.3, -0.25) is 14.6 Å². The molecule has 0 fully saturated rings. The number of ketones is 1. The molecule has 0 bridgehead atoms. The number of methoxy groups -OCH3 is 1. The SMILES string of the molecule is C=CCN=C1CC(C)(C)[C@@H](C(=O)OC)C(O)=C1C(=O)CCC. The highest BCUT2D eigenvalue weighted by atomic mass is 16.5. The van der Waals surface area contributed by atoms with Gasteiger partial charge in [0.1, 0.15) is 11.7 Å². The van der Waals surface area contributed by atoms with Crippen molar-refractivity contribution in [3.63, 3.8) is 0 Å². The highest BCUT2D eigenvalue weighted by molar-refractivity contribution is 6.24. The molecule has 0 aromatic rings. The second-order valence-corrected chi connectivity index (χ2v) is 6.13. The maximum atomic E-state index is 12.4. The molecule has 1 atom stereocenters. The Balaban J connectivity index is 3.45. The van der Waals surface area contributed by atoms with Crippen LogP contribution in [0, 0.1) is 11.3 Å². The summed E-state index contributed by atoms with van der Waals surface area (Å²) in [7, 11) is 1.28. The van der Waals surface area contributed by atoms with E-state index in [0.717, 1.165) is 0 Å². The van der Waals surface area contributed by atoms with E-state index in [9.17, 15) is 14.7 Å². The molecule has 1 N–H and O–H groups in total. The van der Waals surface area contributed by atoms with E-state index in [1.165, 1.54) is 7.11 Å². The van der Waals surface area contributed by atoms with Crippen molar-refractivity contribution in [3.8, 4) is 0 Å². The first-order chi connectivity index (χ1) is 10.3. The Morgan fingerprint density at radius 3 is 2.64 bits per heavy atom. The zero-order valence-electron chi connectivity index (χ0n) is 13.8. The van der Waals surface area contributed by atoms with Crippen LogP contribution in [0.2, 0.25) is 0 Å². The van der Waals surface area contributed by atoms with Crippen LogP contribution in [0.15, 0.2) is 29.0 Å². The van der Waals surface area contributed by atoms with E-state index in [2.05, 4.69) is 11.6 Å². The fourth-order valence-corrected chi connectivity index (χ4v) is 2.80. The third-order valence-corrected chi connectivity index (χ3v) is 3.83. The highest BCUT2D eigenvalue weighted by Crippen LogP contribution is 2.43. The molecule has 0 heterocycles. The number of Topliss-reactive ketones (excluding diaryl/α,β-unsaturated/α-hetero) is 1. The Bertz CT molecular complexity index is 529. The van der Waals surface area contributed by atoms with Gasteiger partial charge in [0.25, 0.3) is 0 Å². The van der Waals surface area contributed by atoms with E-state index in [4.69, 9.17) is 4.74 Å². The van der Waals surface area contributed by atoms with Gasteiger partial charge in [0, 0.05) is 12.1 Å². The lowest BCUT2D eigenvalue weighted by atomic mass is 9.67. The Labute approximate surface area is 131 Å². The number of allylic oxidation sites excluding steroid dienone is 1. The van der Waals surface area contributed by atoms with Crippen LogP contribution < -0.4 is 0 Å². The molecule has 1 aliphatic carbocycles. The molecule has 0 aromatic carbocycles.